The first-order valence-electron chi connectivity index (χ1n) is 5.77. The van der Waals surface area contributed by atoms with Crippen LogP contribution in [0.15, 0.2) is 16.5 Å². The number of rotatable bonds is 6. The summed E-state index contributed by atoms with van der Waals surface area (Å²) in [7, 11) is 0. The average molecular weight is 226 g/mol. The molecule has 1 aromatic heterocycles. The van der Waals surface area contributed by atoms with E-state index in [0.717, 1.165) is 18.1 Å². The van der Waals surface area contributed by atoms with E-state index in [9.17, 15) is 0 Å². The summed E-state index contributed by atoms with van der Waals surface area (Å²) in [5.74, 6) is 1.77. The monoisotopic (exact) mass is 226 g/mol. The predicted molar refractivity (Wildman–Crippen MR) is 64.2 cm³/mol. The molecule has 0 bridgehead atoms. The Labute approximate surface area is 97.0 Å². The van der Waals surface area contributed by atoms with Crippen molar-refractivity contribution >= 4 is 0 Å². The molecule has 0 aliphatic rings. The summed E-state index contributed by atoms with van der Waals surface area (Å²) in [6.07, 6.45) is 0. The van der Waals surface area contributed by atoms with Crippen molar-refractivity contribution in [2.75, 3.05) is 19.7 Å². The van der Waals surface area contributed by atoms with E-state index in [-0.39, 0.29) is 18.7 Å². The van der Waals surface area contributed by atoms with Gasteiger partial charge in [-0.25, -0.2) is 0 Å². The third-order valence-corrected chi connectivity index (χ3v) is 2.74. The summed E-state index contributed by atoms with van der Waals surface area (Å²) in [6.45, 7) is 7.53. The molecule has 2 atom stereocenters. The number of hydrogen-bond acceptors (Lipinski definition) is 4. The van der Waals surface area contributed by atoms with Crippen molar-refractivity contribution in [3.63, 3.8) is 0 Å². The highest BCUT2D eigenvalue weighted by molar-refractivity contribution is 5.11. The molecule has 0 fully saturated rings. The first kappa shape index (κ1) is 13.2. The largest absolute Gasteiger partial charge is 0.465 e. The zero-order valence-corrected chi connectivity index (χ0v) is 10.3. The summed E-state index contributed by atoms with van der Waals surface area (Å²) in [5, 5.41) is 9.04. The molecular formula is C12H22N2O2. The molecule has 3 N–H and O–H groups in total. The number of aliphatic hydroxyl groups excluding tert-OH is 1. The van der Waals surface area contributed by atoms with Crippen LogP contribution < -0.4 is 5.73 Å². The van der Waals surface area contributed by atoms with Crippen molar-refractivity contribution in [3.05, 3.63) is 23.7 Å². The Bertz CT molecular complexity index is 310. The number of hydrogen-bond donors (Lipinski definition) is 2. The minimum atomic E-state index is -0.0305. The van der Waals surface area contributed by atoms with Gasteiger partial charge in [0.1, 0.15) is 11.5 Å². The molecule has 2 unspecified atom stereocenters. The Balaban J connectivity index is 2.89. The van der Waals surface area contributed by atoms with Gasteiger partial charge in [0.15, 0.2) is 0 Å². The molecule has 0 aromatic carbocycles. The molecule has 0 saturated heterocycles. The number of nitrogens with zero attached hydrogens (tertiary/aromatic N) is 1. The van der Waals surface area contributed by atoms with Crippen LogP contribution in [-0.2, 0) is 0 Å². The highest BCUT2D eigenvalue weighted by Gasteiger charge is 2.25. The fourth-order valence-electron chi connectivity index (χ4n) is 2.01. The van der Waals surface area contributed by atoms with Crippen LogP contribution in [0.3, 0.4) is 0 Å². The van der Waals surface area contributed by atoms with Crippen molar-refractivity contribution in [3.8, 4) is 0 Å². The van der Waals surface area contributed by atoms with Crippen LogP contribution in [0, 0.1) is 6.92 Å². The Morgan fingerprint density at radius 3 is 2.56 bits per heavy atom. The van der Waals surface area contributed by atoms with E-state index >= 15 is 0 Å². The van der Waals surface area contributed by atoms with Gasteiger partial charge < -0.3 is 15.3 Å². The molecule has 0 amide bonds. The predicted octanol–water partition coefficient (Wildman–Crippen LogP) is 1.29. The van der Waals surface area contributed by atoms with Gasteiger partial charge in [-0.3, -0.25) is 4.90 Å². The maximum Gasteiger partial charge on any atom is 0.122 e. The summed E-state index contributed by atoms with van der Waals surface area (Å²) >= 11 is 0. The van der Waals surface area contributed by atoms with Crippen LogP contribution in [0.5, 0.6) is 0 Å². The maximum atomic E-state index is 9.04. The standard InChI is InChI=1S/C12H22N2O2/c1-4-14(7-8-15)12(10(3)13)11-6-5-9(2)16-11/h5-6,10,12,15H,4,7-8,13H2,1-3H3. The highest BCUT2D eigenvalue weighted by atomic mass is 16.3. The van der Waals surface area contributed by atoms with Crippen LogP contribution in [0.25, 0.3) is 0 Å². The fraction of sp³-hybridized carbons (Fsp3) is 0.667. The van der Waals surface area contributed by atoms with E-state index < -0.39 is 0 Å². The van der Waals surface area contributed by atoms with Gasteiger partial charge in [0.2, 0.25) is 0 Å². The van der Waals surface area contributed by atoms with Crippen LogP contribution >= 0.6 is 0 Å². The molecule has 1 rings (SSSR count). The molecule has 0 saturated carbocycles. The van der Waals surface area contributed by atoms with Gasteiger partial charge in [0.25, 0.3) is 0 Å². The second-order valence-corrected chi connectivity index (χ2v) is 4.10. The zero-order chi connectivity index (χ0) is 12.1. The molecule has 1 heterocycles. The summed E-state index contributed by atoms with van der Waals surface area (Å²) < 4.78 is 5.63. The van der Waals surface area contributed by atoms with E-state index in [0.29, 0.717) is 6.54 Å². The number of aryl methyl sites for hydroxylation is 1. The van der Waals surface area contributed by atoms with E-state index in [4.69, 9.17) is 15.3 Å². The zero-order valence-electron chi connectivity index (χ0n) is 10.3. The molecule has 4 nitrogen and oxygen atoms in total. The van der Waals surface area contributed by atoms with E-state index in [1.807, 2.05) is 26.0 Å². The Morgan fingerprint density at radius 2 is 2.19 bits per heavy atom. The topological polar surface area (TPSA) is 62.6 Å². The lowest BCUT2D eigenvalue weighted by Gasteiger charge is -2.31. The van der Waals surface area contributed by atoms with Gasteiger partial charge >= 0.3 is 0 Å². The van der Waals surface area contributed by atoms with Gasteiger partial charge in [-0.15, -0.1) is 0 Å². The molecular weight excluding hydrogens is 204 g/mol. The first-order chi connectivity index (χ1) is 7.60. The SMILES string of the molecule is CCN(CCO)C(c1ccc(C)o1)C(C)N. The second kappa shape index (κ2) is 6.03. The van der Waals surface area contributed by atoms with Gasteiger partial charge in [-0.05, 0) is 32.5 Å². The van der Waals surface area contributed by atoms with Crippen LogP contribution in [0.4, 0.5) is 0 Å². The Morgan fingerprint density at radius 1 is 1.50 bits per heavy atom. The van der Waals surface area contributed by atoms with Crippen LogP contribution in [-0.4, -0.2) is 35.7 Å². The minimum Gasteiger partial charge on any atom is -0.465 e. The number of furan rings is 1. The Kier molecular flexibility index (Phi) is 4.99. The Hall–Kier alpha value is -0.840. The van der Waals surface area contributed by atoms with E-state index in [1.165, 1.54) is 0 Å². The van der Waals surface area contributed by atoms with Gasteiger partial charge in [0, 0.05) is 12.6 Å². The van der Waals surface area contributed by atoms with Crippen molar-refractivity contribution < 1.29 is 9.52 Å². The van der Waals surface area contributed by atoms with Crippen molar-refractivity contribution in [2.45, 2.75) is 32.9 Å². The molecule has 0 aliphatic carbocycles. The van der Waals surface area contributed by atoms with Crippen molar-refractivity contribution in [1.29, 1.82) is 0 Å². The second-order valence-electron chi connectivity index (χ2n) is 4.10. The fourth-order valence-corrected chi connectivity index (χ4v) is 2.01. The lowest BCUT2D eigenvalue weighted by Crippen LogP contribution is -2.40. The number of likely N-dealkylation sites (N-methyl/N-ethyl adjacent to an activating group) is 1. The normalized spacial score (nSPS) is 15.4. The molecule has 1 aromatic rings. The molecule has 0 spiro atoms. The van der Waals surface area contributed by atoms with Crippen molar-refractivity contribution in [1.82, 2.24) is 4.90 Å². The van der Waals surface area contributed by atoms with Crippen LogP contribution in [0.1, 0.15) is 31.4 Å². The maximum absolute atomic E-state index is 9.04. The summed E-state index contributed by atoms with van der Waals surface area (Å²) in [4.78, 5) is 2.13. The van der Waals surface area contributed by atoms with E-state index in [2.05, 4.69) is 11.8 Å². The third-order valence-electron chi connectivity index (χ3n) is 2.74. The molecule has 92 valence electrons. The molecule has 0 aliphatic heterocycles. The van der Waals surface area contributed by atoms with E-state index in [1.54, 1.807) is 0 Å². The summed E-state index contributed by atoms with van der Waals surface area (Å²) in [6, 6.07) is 3.91. The number of aliphatic hydroxyl groups is 1. The minimum absolute atomic E-state index is 0.0305. The van der Waals surface area contributed by atoms with Gasteiger partial charge in [0.05, 0.1) is 12.6 Å². The first-order valence-corrected chi connectivity index (χ1v) is 5.77. The molecule has 0 radical (unpaired) electrons. The highest BCUT2D eigenvalue weighted by Crippen LogP contribution is 2.24. The van der Waals surface area contributed by atoms with Gasteiger partial charge in [-0.2, -0.15) is 0 Å². The number of nitrogens with two attached hydrogens (primary N) is 1. The van der Waals surface area contributed by atoms with Gasteiger partial charge in [-0.1, -0.05) is 6.92 Å². The van der Waals surface area contributed by atoms with Crippen LogP contribution in [0.2, 0.25) is 0 Å². The lowest BCUT2D eigenvalue weighted by molar-refractivity contribution is 0.128. The van der Waals surface area contributed by atoms with Crippen molar-refractivity contribution in [2.24, 2.45) is 5.73 Å². The lowest BCUT2D eigenvalue weighted by atomic mass is 10.1. The smallest absolute Gasteiger partial charge is 0.122 e. The third kappa shape index (κ3) is 3.07. The summed E-state index contributed by atoms with van der Waals surface area (Å²) in [5.41, 5.74) is 6.00. The quantitative estimate of drug-likeness (QED) is 0.767. The average Bonchev–Trinajstić information content (AvgIpc) is 2.63. The molecule has 4 heteroatoms. The molecule has 16 heavy (non-hydrogen) atoms.